The van der Waals surface area contributed by atoms with Crippen molar-refractivity contribution in [3.63, 3.8) is 0 Å². The van der Waals surface area contributed by atoms with E-state index in [9.17, 15) is 4.79 Å². The summed E-state index contributed by atoms with van der Waals surface area (Å²) >= 11 is 0. The number of nitrogens with zero attached hydrogens (tertiary/aromatic N) is 2. The Morgan fingerprint density at radius 2 is 2.18 bits per heavy atom. The minimum atomic E-state index is 0.0188. The number of aromatic nitrogens is 1. The Morgan fingerprint density at radius 3 is 3.00 bits per heavy atom. The number of benzene rings is 1. The van der Waals surface area contributed by atoms with Crippen molar-refractivity contribution in [2.24, 2.45) is 0 Å². The average molecular weight is 295 g/mol. The van der Waals surface area contributed by atoms with Crippen molar-refractivity contribution >= 4 is 17.3 Å². The van der Waals surface area contributed by atoms with Crippen molar-refractivity contribution in [2.45, 2.75) is 32.7 Å². The highest BCUT2D eigenvalue weighted by Crippen LogP contribution is 2.29. The summed E-state index contributed by atoms with van der Waals surface area (Å²) in [6, 6.07) is 10.3. The number of rotatable bonds is 4. The number of carbonyl (C=O) groups excluding carboxylic acids is 1. The molecule has 0 saturated heterocycles. The number of anilines is 2. The molecule has 2 aromatic rings. The van der Waals surface area contributed by atoms with Crippen LogP contribution in [0.25, 0.3) is 0 Å². The zero-order valence-corrected chi connectivity index (χ0v) is 13.0. The highest BCUT2D eigenvalue weighted by atomic mass is 16.2. The van der Waals surface area contributed by atoms with Gasteiger partial charge in [-0.1, -0.05) is 25.1 Å². The van der Waals surface area contributed by atoms with Gasteiger partial charge >= 0.3 is 0 Å². The molecule has 1 N–H and O–H groups in total. The van der Waals surface area contributed by atoms with Crippen molar-refractivity contribution in [2.75, 3.05) is 16.8 Å². The molecule has 1 aromatic carbocycles. The van der Waals surface area contributed by atoms with E-state index in [1.54, 1.807) is 12.4 Å². The number of fused-ring (bicyclic) bond motifs is 1. The quantitative estimate of drug-likeness (QED) is 0.939. The minimum Gasteiger partial charge on any atom is -0.381 e. The topological polar surface area (TPSA) is 45.2 Å². The molecule has 0 radical (unpaired) electrons. The van der Waals surface area contributed by atoms with E-state index in [0.717, 1.165) is 30.8 Å². The van der Waals surface area contributed by atoms with Gasteiger partial charge in [0.15, 0.2) is 0 Å². The fourth-order valence-corrected chi connectivity index (χ4v) is 2.73. The van der Waals surface area contributed by atoms with Crippen LogP contribution in [-0.2, 0) is 6.42 Å². The lowest BCUT2D eigenvalue weighted by molar-refractivity contribution is 0.0989. The summed E-state index contributed by atoms with van der Waals surface area (Å²) in [4.78, 5) is 18.8. The Labute approximate surface area is 131 Å². The first kappa shape index (κ1) is 14.6. The normalized spacial score (nSPS) is 14.5. The summed E-state index contributed by atoms with van der Waals surface area (Å²) in [5, 5.41) is 3.36. The maximum Gasteiger partial charge on any atom is 0.259 e. The Hall–Kier alpha value is -2.36. The van der Waals surface area contributed by atoms with Crippen molar-refractivity contribution < 1.29 is 4.79 Å². The van der Waals surface area contributed by atoms with Crippen LogP contribution < -0.4 is 10.2 Å². The maximum atomic E-state index is 12.8. The van der Waals surface area contributed by atoms with Gasteiger partial charge in [-0.2, -0.15) is 0 Å². The molecule has 1 aliphatic heterocycles. The fraction of sp³-hybridized carbons (Fsp3) is 0.333. The lowest BCUT2D eigenvalue weighted by Crippen LogP contribution is -2.29. The van der Waals surface area contributed by atoms with E-state index in [0.29, 0.717) is 11.6 Å². The van der Waals surface area contributed by atoms with E-state index in [4.69, 9.17) is 0 Å². The molecule has 4 nitrogen and oxygen atoms in total. The molecule has 22 heavy (non-hydrogen) atoms. The number of amides is 1. The summed E-state index contributed by atoms with van der Waals surface area (Å²) in [5.41, 5.74) is 3.78. The van der Waals surface area contributed by atoms with Crippen LogP contribution in [0.1, 0.15) is 36.2 Å². The first-order valence-electron chi connectivity index (χ1n) is 7.80. The smallest absolute Gasteiger partial charge is 0.259 e. The highest BCUT2D eigenvalue weighted by Gasteiger charge is 2.25. The third kappa shape index (κ3) is 2.82. The van der Waals surface area contributed by atoms with E-state index < -0.39 is 0 Å². The summed E-state index contributed by atoms with van der Waals surface area (Å²) < 4.78 is 0. The van der Waals surface area contributed by atoms with Crippen molar-refractivity contribution in [3.8, 4) is 0 Å². The molecule has 1 aromatic heterocycles. The molecule has 4 heteroatoms. The highest BCUT2D eigenvalue weighted by molar-refractivity contribution is 6.07. The minimum absolute atomic E-state index is 0.0188. The second-order valence-corrected chi connectivity index (χ2v) is 5.75. The van der Waals surface area contributed by atoms with Crippen LogP contribution in [-0.4, -0.2) is 23.5 Å². The summed E-state index contributed by atoms with van der Waals surface area (Å²) in [7, 11) is 0. The van der Waals surface area contributed by atoms with E-state index in [1.807, 2.05) is 29.2 Å². The Bertz CT molecular complexity index is 684. The summed E-state index contributed by atoms with van der Waals surface area (Å²) in [6.45, 7) is 4.98. The predicted octanol–water partition coefficient (Wildman–Crippen LogP) is 3.49. The van der Waals surface area contributed by atoms with Gasteiger partial charge in [0.2, 0.25) is 0 Å². The maximum absolute atomic E-state index is 12.8. The molecule has 0 spiro atoms. The van der Waals surface area contributed by atoms with E-state index in [2.05, 4.69) is 30.2 Å². The summed E-state index contributed by atoms with van der Waals surface area (Å²) in [5.74, 6) is 0.0188. The van der Waals surface area contributed by atoms with Gasteiger partial charge in [-0.25, -0.2) is 0 Å². The lowest BCUT2D eigenvalue weighted by atomic mass is 10.1. The second kappa shape index (κ2) is 6.18. The number of carbonyl (C=O) groups is 1. The third-order valence-corrected chi connectivity index (χ3v) is 4.14. The Morgan fingerprint density at radius 1 is 1.36 bits per heavy atom. The zero-order valence-electron chi connectivity index (χ0n) is 13.0. The molecule has 1 atom stereocenters. The molecule has 114 valence electrons. The molecule has 0 fully saturated rings. The molecule has 2 heterocycles. The van der Waals surface area contributed by atoms with Crippen molar-refractivity contribution in [1.29, 1.82) is 0 Å². The number of para-hydroxylation sites is 1. The fourth-order valence-electron chi connectivity index (χ4n) is 2.73. The van der Waals surface area contributed by atoms with Crippen molar-refractivity contribution in [3.05, 3.63) is 53.9 Å². The first-order valence-corrected chi connectivity index (χ1v) is 7.80. The number of nitrogens with one attached hydrogen (secondary N) is 1. The van der Waals surface area contributed by atoms with Gasteiger partial charge in [0.1, 0.15) is 0 Å². The van der Waals surface area contributed by atoms with E-state index in [-0.39, 0.29) is 5.91 Å². The Kier molecular flexibility index (Phi) is 4.09. The van der Waals surface area contributed by atoms with E-state index in [1.165, 1.54) is 5.56 Å². The molecule has 0 bridgehead atoms. The van der Waals surface area contributed by atoms with Gasteiger partial charge in [0.25, 0.3) is 5.91 Å². The summed E-state index contributed by atoms with van der Waals surface area (Å²) in [6.07, 6.45) is 5.35. The van der Waals surface area contributed by atoms with Gasteiger partial charge in [-0.3, -0.25) is 9.78 Å². The third-order valence-electron chi connectivity index (χ3n) is 4.14. The zero-order chi connectivity index (χ0) is 15.5. The van der Waals surface area contributed by atoms with Crippen LogP contribution in [0.2, 0.25) is 0 Å². The van der Waals surface area contributed by atoms with Crippen LogP contribution >= 0.6 is 0 Å². The lowest BCUT2D eigenvalue weighted by Gasteiger charge is -2.18. The number of hydrogen-bond donors (Lipinski definition) is 1. The standard InChI is InChI=1S/C18H21N3O/c1-3-13(2)20-16-10-15(11-19-12-16)18(22)21-9-8-14-6-4-5-7-17(14)21/h4-7,10-13,20H,3,8-9H2,1-2H3. The predicted molar refractivity (Wildman–Crippen MR) is 89.4 cm³/mol. The molecular formula is C18H21N3O. The second-order valence-electron chi connectivity index (χ2n) is 5.75. The van der Waals surface area contributed by atoms with Crippen LogP contribution in [0.15, 0.2) is 42.7 Å². The molecule has 1 amide bonds. The van der Waals surface area contributed by atoms with Gasteiger partial charge in [0.05, 0.1) is 11.3 Å². The molecule has 3 rings (SSSR count). The van der Waals surface area contributed by atoms with Gasteiger partial charge in [-0.15, -0.1) is 0 Å². The first-order chi connectivity index (χ1) is 10.7. The monoisotopic (exact) mass is 295 g/mol. The van der Waals surface area contributed by atoms with Crippen molar-refractivity contribution in [1.82, 2.24) is 4.98 Å². The van der Waals surface area contributed by atoms with Gasteiger partial charge in [0, 0.05) is 30.7 Å². The molecule has 0 aliphatic carbocycles. The average Bonchev–Trinajstić information content (AvgIpc) is 2.98. The molecule has 1 aliphatic rings. The van der Waals surface area contributed by atoms with Crippen LogP contribution in [0.5, 0.6) is 0 Å². The van der Waals surface area contributed by atoms with Crippen LogP contribution in [0, 0.1) is 0 Å². The van der Waals surface area contributed by atoms with E-state index >= 15 is 0 Å². The van der Waals surface area contributed by atoms with Gasteiger partial charge in [-0.05, 0) is 37.5 Å². The molecule has 1 unspecified atom stereocenters. The molecular weight excluding hydrogens is 274 g/mol. The number of hydrogen-bond acceptors (Lipinski definition) is 3. The molecule has 0 saturated carbocycles. The number of pyridine rings is 1. The Balaban J connectivity index is 1.83. The van der Waals surface area contributed by atoms with Crippen LogP contribution in [0.3, 0.4) is 0 Å². The van der Waals surface area contributed by atoms with Gasteiger partial charge < -0.3 is 10.2 Å². The largest absolute Gasteiger partial charge is 0.381 e. The van der Waals surface area contributed by atoms with Crippen LogP contribution in [0.4, 0.5) is 11.4 Å². The SMILES string of the molecule is CCC(C)Nc1cncc(C(=O)N2CCc3ccccc32)c1.